The third-order valence-corrected chi connectivity index (χ3v) is 8.09. The lowest BCUT2D eigenvalue weighted by Crippen LogP contribution is -2.60. The molecule has 0 aromatic rings. The van der Waals surface area contributed by atoms with E-state index in [0.717, 1.165) is 18.4 Å². The Hall–Kier alpha value is -0.800. The fourth-order valence-electron chi connectivity index (χ4n) is 5.78. The molecule has 1 saturated heterocycles. The van der Waals surface area contributed by atoms with Gasteiger partial charge < -0.3 is 33.5 Å². The van der Waals surface area contributed by atoms with E-state index in [4.69, 9.17) is 28.4 Å². The minimum atomic E-state index is -0.559. The molecule has 198 valence electrons. The number of allylic oxidation sites excluding steroid dienone is 2. The van der Waals surface area contributed by atoms with Gasteiger partial charge >= 0.3 is 0 Å². The van der Waals surface area contributed by atoms with Gasteiger partial charge in [-0.25, -0.2) is 0 Å². The monoisotopic (exact) mass is 484 g/mol. The SMILES string of the molecule is CC[C@H](OC)[C@@H](C)[C@H]1CC[C@@H]1[C@H](O)[C@@H](C)/C=C/C=C(\C)[C@@H]1O[C@@H](OC)[C@H](OC)[C@@H](OC)[C@@H]1OC. The second kappa shape index (κ2) is 14.1. The molecule has 0 radical (unpaired) electrons. The molecular weight excluding hydrogens is 436 g/mol. The Balaban J connectivity index is 2.05. The molecule has 0 aromatic heterocycles. The van der Waals surface area contributed by atoms with Crippen molar-refractivity contribution in [3.05, 3.63) is 23.8 Å². The number of rotatable bonds is 13. The molecule has 2 aliphatic rings. The first-order valence-corrected chi connectivity index (χ1v) is 12.6. The van der Waals surface area contributed by atoms with Gasteiger partial charge in [0.1, 0.15) is 24.4 Å². The number of aliphatic hydroxyl groups excluding tert-OH is 1. The quantitative estimate of drug-likeness (QED) is 0.396. The zero-order chi connectivity index (χ0) is 25.4. The molecule has 2 rings (SSSR count). The average molecular weight is 485 g/mol. The van der Waals surface area contributed by atoms with Crippen LogP contribution in [0.2, 0.25) is 0 Å². The Kier molecular flexibility index (Phi) is 12.2. The fourth-order valence-corrected chi connectivity index (χ4v) is 5.78. The molecule has 0 aromatic carbocycles. The molecule has 0 bridgehead atoms. The Morgan fingerprint density at radius 1 is 0.941 bits per heavy atom. The summed E-state index contributed by atoms with van der Waals surface area (Å²) in [5, 5.41) is 11.1. The first-order chi connectivity index (χ1) is 16.3. The summed E-state index contributed by atoms with van der Waals surface area (Å²) in [6.45, 7) is 8.52. The minimum absolute atomic E-state index is 0.0495. The van der Waals surface area contributed by atoms with E-state index in [1.54, 1.807) is 35.5 Å². The Bertz CT molecular complexity index is 647. The molecule has 0 amide bonds. The van der Waals surface area contributed by atoms with Gasteiger partial charge in [0.2, 0.25) is 0 Å². The molecule has 1 N–H and O–H groups in total. The van der Waals surface area contributed by atoms with Crippen molar-refractivity contribution in [1.82, 2.24) is 0 Å². The summed E-state index contributed by atoms with van der Waals surface area (Å²) < 4.78 is 34.4. The highest BCUT2D eigenvalue weighted by Gasteiger charge is 2.48. The van der Waals surface area contributed by atoms with E-state index in [1.807, 2.05) is 19.1 Å². The molecule has 1 saturated carbocycles. The van der Waals surface area contributed by atoms with Crippen LogP contribution in [-0.2, 0) is 28.4 Å². The first kappa shape index (κ1) is 29.4. The number of hydrogen-bond acceptors (Lipinski definition) is 7. The molecule has 1 aliphatic carbocycles. The summed E-state index contributed by atoms with van der Waals surface area (Å²) in [5.41, 5.74) is 0.990. The van der Waals surface area contributed by atoms with Gasteiger partial charge in [0, 0.05) is 41.5 Å². The van der Waals surface area contributed by atoms with Crippen LogP contribution in [0.1, 0.15) is 47.0 Å². The predicted molar refractivity (Wildman–Crippen MR) is 133 cm³/mol. The van der Waals surface area contributed by atoms with Crippen LogP contribution in [-0.4, -0.2) is 83.6 Å². The molecule has 0 unspecified atom stereocenters. The predicted octanol–water partition coefficient (Wildman–Crippen LogP) is 3.99. The highest BCUT2D eigenvalue weighted by molar-refractivity contribution is 5.19. The Morgan fingerprint density at radius 2 is 1.56 bits per heavy atom. The minimum Gasteiger partial charge on any atom is -0.392 e. The topological polar surface area (TPSA) is 75.6 Å². The number of hydrogen-bond donors (Lipinski definition) is 1. The molecular formula is C27H48O7. The number of methoxy groups -OCH3 is 5. The standard InChI is InChI=1S/C27H48O7/c1-10-21(29-5)18(4)19-14-15-20(19)22(28)16(2)12-11-13-17(3)23-24(30-6)25(31-7)26(32-8)27(33-9)34-23/h11-13,16,18-28H,10,14-15H2,1-9H3/b12-11+,17-13+/t16-,18-,19+,20-,21-,22+,23-,24+,25-,26+,27+/m0/s1. The van der Waals surface area contributed by atoms with E-state index >= 15 is 0 Å². The number of ether oxygens (including phenoxy) is 6. The van der Waals surface area contributed by atoms with E-state index in [0.29, 0.717) is 17.8 Å². The van der Waals surface area contributed by atoms with Crippen molar-refractivity contribution in [2.75, 3.05) is 35.5 Å². The van der Waals surface area contributed by atoms with Crippen molar-refractivity contribution in [3.63, 3.8) is 0 Å². The second-order valence-electron chi connectivity index (χ2n) is 9.85. The van der Waals surface area contributed by atoms with E-state index in [-0.39, 0.29) is 36.4 Å². The maximum Gasteiger partial charge on any atom is 0.186 e. The fraction of sp³-hybridized carbons (Fsp3) is 0.852. The van der Waals surface area contributed by atoms with E-state index in [9.17, 15) is 5.11 Å². The third kappa shape index (κ3) is 6.49. The van der Waals surface area contributed by atoms with Crippen LogP contribution in [0.3, 0.4) is 0 Å². The maximum absolute atomic E-state index is 11.1. The molecule has 1 heterocycles. The van der Waals surface area contributed by atoms with Crippen molar-refractivity contribution in [2.45, 2.75) is 89.9 Å². The lowest BCUT2D eigenvalue weighted by molar-refractivity contribution is -0.295. The summed E-state index contributed by atoms with van der Waals surface area (Å²) in [7, 11) is 8.29. The average Bonchev–Trinajstić information content (AvgIpc) is 2.82. The van der Waals surface area contributed by atoms with Crippen LogP contribution < -0.4 is 0 Å². The summed E-state index contributed by atoms with van der Waals surface area (Å²) >= 11 is 0. The zero-order valence-electron chi connectivity index (χ0n) is 22.6. The van der Waals surface area contributed by atoms with Crippen molar-refractivity contribution in [2.24, 2.45) is 23.7 Å². The van der Waals surface area contributed by atoms with Crippen LogP contribution >= 0.6 is 0 Å². The normalized spacial score (nSPS) is 36.2. The van der Waals surface area contributed by atoms with Gasteiger partial charge in [0.05, 0.1) is 12.2 Å². The molecule has 2 fully saturated rings. The second-order valence-corrected chi connectivity index (χ2v) is 9.85. The third-order valence-electron chi connectivity index (χ3n) is 8.09. The molecule has 0 spiro atoms. The van der Waals surface area contributed by atoms with Gasteiger partial charge in [-0.3, -0.25) is 0 Å². The van der Waals surface area contributed by atoms with Gasteiger partial charge in [-0.1, -0.05) is 39.0 Å². The smallest absolute Gasteiger partial charge is 0.186 e. The summed E-state index contributed by atoms with van der Waals surface area (Å²) in [6.07, 6.45) is 7.28. The molecule has 7 nitrogen and oxygen atoms in total. The molecule has 11 atom stereocenters. The molecule has 7 heteroatoms. The van der Waals surface area contributed by atoms with E-state index in [1.165, 1.54) is 6.42 Å². The lowest BCUT2D eigenvalue weighted by Gasteiger charge is -2.46. The van der Waals surface area contributed by atoms with Gasteiger partial charge in [0.15, 0.2) is 6.29 Å². The highest BCUT2D eigenvalue weighted by Crippen LogP contribution is 2.45. The van der Waals surface area contributed by atoms with Gasteiger partial charge in [-0.05, 0) is 49.5 Å². The Morgan fingerprint density at radius 3 is 2.03 bits per heavy atom. The summed E-state index contributed by atoms with van der Waals surface area (Å²) in [6, 6.07) is 0. The van der Waals surface area contributed by atoms with Gasteiger partial charge in [-0.2, -0.15) is 0 Å². The van der Waals surface area contributed by atoms with Crippen LogP contribution in [0, 0.1) is 23.7 Å². The van der Waals surface area contributed by atoms with Crippen LogP contribution in [0.5, 0.6) is 0 Å². The van der Waals surface area contributed by atoms with E-state index in [2.05, 4.69) is 26.8 Å². The van der Waals surface area contributed by atoms with Gasteiger partial charge in [0.25, 0.3) is 0 Å². The molecule has 1 aliphatic heterocycles. The lowest BCUT2D eigenvalue weighted by atomic mass is 9.62. The van der Waals surface area contributed by atoms with Crippen molar-refractivity contribution in [1.29, 1.82) is 0 Å². The van der Waals surface area contributed by atoms with Crippen molar-refractivity contribution in [3.8, 4) is 0 Å². The summed E-state index contributed by atoms with van der Waals surface area (Å²) in [5.74, 6) is 1.33. The maximum atomic E-state index is 11.1. The van der Waals surface area contributed by atoms with Crippen molar-refractivity contribution < 1.29 is 33.5 Å². The summed E-state index contributed by atoms with van der Waals surface area (Å²) in [4.78, 5) is 0. The molecule has 34 heavy (non-hydrogen) atoms. The van der Waals surface area contributed by atoms with E-state index < -0.39 is 12.4 Å². The van der Waals surface area contributed by atoms with Crippen molar-refractivity contribution >= 4 is 0 Å². The number of aliphatic hydroxyl groups is 1. The Labute approximate surface area is 206 Å². The largest absolute Gasteiger partial charge is 0.392 e. The van der Waals surface area contributed by atoms with Crippen LogP contribution in [0.4, 0.5) is 0 Å². The van der Waals surface area contributed by atoms with Gasteiger partial charge in [-0.15, -0.1) is 0 Å². The zero-order valence-corrected chi connectivity index (χ0v) is 22.6. The van der Waals surface area contributed by atoms with Crippen LogP contribution in [0.15, 0.2) is 23.8 Å². The first-order valence-electron chi connectivity index (χ1n) is 12.6. The highest BCUT2D eigenvalue weighted by atomic mass is 16.7. The van der Waals surface area contributed by atoms with Crippen LogP contribution in [0.25, 0.3) is 0 Å².